The standard InChI is InChI=1S/C28H36FN3O3/c1-2-35-27(33)23-8-12-25(13-9-23)30-28(34)32-16-4-3-5-26(32)20-31-17-14-22(15-18-31)19-21-6-10-24(29)11-7-21/h6-13,22,26H,2-5,14-20H2,1H3,(H,30,34). The van der Waals surface area contributed by atoms with Crippen molar-refractivity contribution in [3.05, 3.63) is 65.5 Å². The molecule has 2 amide bonds. The van der Waals surface area contributed by atoms with E-state index < -0.39 is 0 Å². The number of amides is 2. The molecule has 1 N–H and O–H groups in total. The van der Waals surface area contributed by atoms with Crippen LogP contribution in [0.1, 0.15) is 54.9 Å². The maximum atomic E-state index is 13.2. The molecule has 0 aliphatic carbocycles. The second kappa shape index (κ2) is 12.2. The highest BCUT2D eigenvalue weighted by molar-refractivity contribution is 5.92. The number of anilines is 1. The van der Waals surface area contributed by atoms with Crippen LogP contribution in [0.5, 0.6) is 0 Å². The molecule has 2 aliphatic heterocycles. The SMILES string of the molecule is CCOC(=O)c1ccc(NC(=O)N2CCCCC2CN2CCC(Cc3ccc(F)cc3)CC2)cc1. The third kappa shape index (κ3) is 7.04. The molecule has 4 rings (SSSR count). The van der Waals surface area contributed by atoms with Crippen LogP contribution >= 0.6 is 0 Å². The summed E-state index contributed by atoms with van der Waals surface area (Å²) in [5.41, 5.74) is 2.35. The molecule has 2 aromatic carbocycles. The predicted molar refractivity (Wildman–Crippen MR) is 135 cm³/mol. The van der Waals surface area contributed by atoms with Crippen molar-refractivity contribution in [1.82, 2.24) is 9.80 Å². The van der Waals surface area contributed by atoms with E-state index in [1.165, 1.54) is 5.56 Å². The normalized spacial score (nSPS) is 19.4. The number of ether oxygens (including phenoxy) is 1. The van der Waals surface area contributed by atoms with E-state index in [9.17, 15) is 14.0 Å². The van der Waals surface area contributed by atoms with Crippen LogP contribution in [0.15, 0.2) is 48.5 Å². The Morgan fingerprint density at radius 2 is 1.69 bits per heavy atom. The Balaban J connectivity index is 1.27. The highest BCUT2D eigenvalue weighted by atomic mass is 19.1. The highest BCUT2D eigenvalue weighted by Gasteiger charge is 2.30. The number of rotatable bonds is 7. The van der Waals surface area contributed by atoms with Gasteiger partial charge in [-0.1, -0.05) is 12.1 Å². The Bertz CT molecular complexity index is 972. The lowest BCUT2D eigenvalue weighted by Gasteiger charge is -2.40. The maximum Gasteiger partial charge on any atom is 0.338 e. The Morgan fingerprint density at radius 3 is 2.37 bits per heavy atom. The molecule has 2 aliphatic rings. The number of hydrogen-bond acceptors (Lipinski definition) is 4. The van der Waals surface area contributed by atoms with Crippen molar-refractivity contribution in [3.8, 4) is 0 Å². The average molecular weight is 482 g/mol. The van der Waals surface area contributed by atoms with E-state index in [-0.39, 0.29) is 23.9 Å². The molecule has 7 heteroatoms. The van der Waals surface area contributed by atoms with Crippen LogP contribution < -0.4 is 5.32 Å². The number of carbonyl (C=O) groups is 2. The highest BCUT2D eigenvalue weighted by Crippen LogP contribution is 2.25. The molecular weight excluding hydrogens is 445 g/mol. The number of nitrogens with zero attached hydrogens (tertiary/aromatic N) is 2. The van der Waals surface area contributed by atoms with Gasteiger partial charge in [0.15, 0.2) is 0 Å². The van der Waals surface area contributed by atoms with Gasteiger partial charge in [-0.2, -0.15) is 0 Å². The number of piperidine rings is 2. The summed E-state index contributed by atoms with van der Waals surface area (Å²) in [6, 6.07) is 13.8. The van der Waals surface area contributed by atoms with Gasteiger partial charge in [0, 0.05) is 24.8 Å². The smallest absolute Gasteiger partial charge is 0.338 e. The quantitative estimate of drug-likeness (QED) is 0.542. The Labute approximate surface area is 207 Å². The van der Waals surface area contributed by atoms with Gasteiger partial charge in [0.2, 0.25) is 0 Å². The molecule has 1 unspecified atom stereocenters. The second-order valence-electron chi connectivity index (χ2n) is 9.65. The summed E-state index contributed by atoms with van der Waals surface area (Å²) in [5.74, 6) is 0.0845. The molecule has 2 aromatic rings. The third-order valence-electron chi connectivity index (χ3n) is 7.15. The zero-order valence-electron chi connectivity index (χ0n) is 20.5. The first-order valence-corrected chi connectivity index (χ1v) is 12.8. The molecule has 2 fully saturated rings. The van der Waals surface area contributed by atoms with Gasteiger partial charge in [-0.3, -0.25) is 0 Å². The number of carbonyl (C=O) groups excluding carboxylic acids is 2. The average Bonchev–Trinajstić information content (AvgIpc) is 2.87. The minimum Gasteiger partial charge on any atom is -0.462 e. The lowest BCUT2D eigenvalue weighted by Crippen LogP contribution is -2.52. The van der Waals surface area contributed by atoms with Gasteiger partial charge in [0.1, 0.15) is 5.82 Å². The van der Waals surface area contributed by atoms with Gasteiger partial charge >= 0.3 is 12.0 Å². The lowest BCUT2D eigenvalue weighted by molar-refractivity contribution is 0.0526. The largest absolute Gasteiger partial charge is 0.462 e. The van der Waals surface area contributed by atoms with E-state index in [1.54, 1.807) is 43.3 Å². The van der Waals surface area contributed by atoms with Gasteiger partial charge in [0.25, 0.3) is 0 Å². The van der Waals surface area contributed by atoms with Crippen LogP contribution in [0, 0.1) is 11.7 Å². The van der Waals surface area contributed by atoms with Gasteiger partial charge in [-0.05, 0) is 106 Å². The Hall–Kier alpha value is -2.93. The summed E-state index contributed by atoms with van der Waals surface area (Å²) >= 11 is 0. The second-order valence-corrected chi connectivity index (χ2v) is 9.65. The first-order chi connectivity index (χ1) is 17.0. The van der Waals surface area contributed by atoms with Crippen molar-refractivity contribution in [2.24, 2.45) is 5.92 Å². The molecule has 0 saturated carbocycles. The fraction of sp³-hybridized carbons (Fsp3) is 0.500. The summed E-state index contributed by atoms with van der Waals surface area (Å²) in [6.07, 6.45) is 6.44. The van der Waals surface area contributed by atoms with E-state index in [0.29, 0.717) is 23.8 Å². The van der Waals surface area contributed by atoms with Crippen LogP contribution in [-0.4, -0.2) is 60.6 Å². The van der Waals surface area contributed by atoms with Crippen molar-refractivity contribution in [2.75, 3.05) is 38.1 Å². The van der Waals surface area contributed by atoms with E-state index >= 15 is 0 Å². The number of urea groups is 1. The fourth-order valence-corrected chi connectivity index (χ4v) is 5.18. The molecule has 6 nitrogen and oxygen atoms in total. The minimum absolute atomic E-state index is 0.0789. The fourth-order valence-electron chi connectivity index (χ4n) is 5.18. The molecule has 2 heterocycles. The molecule has 1 atom stereocenters. The molecule has 0 spiro atoms. The van der Waals surface area contributed by atoms with Gasteiger partial charge in [-0.15, -0.1) is 0 Å². The summed E-state index contributed by atoms with van der Waals surface area (Å²) < 4.78 is 18.2. The van der Waals surface area contributed by atoms with Crippen LogP contribution in [-0.2, 0) is 11.2 Å². The zero-order chi connectivity index (χ0) is 24.6. The summed E-state index contributed by atoms with van der Waals surface area (Å²) in [5, 5.41) is 3.00. The number of benzene rings is 2. The van der Waals surface area contributed by atoms with E-state index in [2.05, 4.69) is 10.2 Å². The van der Waals surface area contributed by atoms with Crippen molar-refractivity contribution in [2.45, 2.75) is 51.5 Å². The molecular formula is C28H36FN3O3. The Morgan fingerprint density at radius 1 is 0.971 bits per heavy atom. The maximum absolute atomic E-state index is 13.2. The zero-order valence-corrected chi connectivity index (χ0v) is 20.5. The van der Waals surface area contributed by atoms with Crippen LogP contribution in [0.2, 0.25) is 0 Å². The van der Waals surface area contributed by atoms with Crippen molar-refractivity contribution < 1.29 is 18.7 Å². The van der Waals surface area contributed by atoms with Crippen molar-refractivity contribution >= 4 is 17.7 Å². The topological polar surface area (TPSA) is 61.9 Å². The van der Waals surface area contributed by atoms with Crippen LogP contribution in [0.25, 0.3) is 0 Å². The van der Waals surface area contributed by atoms with Crippen molar-refractivity contribution in [1.29, 1.82) is 0 Å². The number of likely N-dealkylation sites (tertiary alicyclic amines) is 2. The van der Waals surface area contributed by atoms with Gasteiger partial charge in [-0.25, -0.2) is 14.0 Å². The van der Waals surface area contributed by atoms with E-state index in [1.807, 2.05) is 17.0 Å². The molecule has 0 aromatic heterocycles. The first-order valence-electron chi connectivity index (χ1n) is 12.8. The lowest BCUT2D eigenvalue weighted by atomic mass is 9.89. The molecule has 2 saturated heterocycles. The van der Waals surface area contributed by atoms with Gasteiger partial charge in [0.05, 0.1) is 12.2 Å². The summed E-state index contributed by atoms with van der Waals surface area (Å²) in [6.45, 7) is 5.84. The molecule has 0 bridgehead atoms. The predicted octanol–water partition coefficient (Wildman–Crippen LogP) is 5.34. The molecule has 188 valence electrons. The third-order valence-corrected chi connectivity index (χ3v) is 7.15. The molecule has 0 radical (unpaired) electrons. The van der Waals surface area contributed by atoms with E-state index in [4.69, 9.17) is 4.74 Å². The number of halogens is 1. The van der Waals surface area contributed by atoms with Crippen molar-refractivity contribution in [3.63, 3.8) is 0 Å². The number of esters is 1. The Kier molecular flexibility index (Phi) is 8.74. The number of nitrogens with one attached hydrogen (secondary N) is 1. The van der Waals surface area contributed by atoms with Crippen LogP contribution in [0.4, 0.5) is 14.9 Å². The monoisotopic (exact) mass is 481 g/mol. The summed E-state index contributed by atoms with van der Waals surface area (Å²) in [7, 11) is 0. The molecule has 35 heavy (non-hydrogen) atoms. The first kappa shape index (κ1) is 25.2. The van der Waals surface area contributed by atoms with Crippen LogP contribution in [0.3, 0.4) is 0 Å². The van der Waals surface area contributed by atoms with E-state index in [0.717, 1.165) is 64.7 Å². The van der Waals surface area contributed by atoms with Gasteiger partial charge < -0.3 is 19.9 Å². The minimum atomic E-state index is -0.358. The summed E-state index contributed by atoms with van der Waals surface area (Å²) in [4.78, 5) is 29.4. The number of hydrogen-bond donors (Lipinski definition) is 1.